The first-order valence-electron chi connectivity index (χ1n) is 8.08. The number of hydrogen-bond donors (Lipinski definition) is 0. The molecule has 4 rings (SSSR count). The number of rotatable bonds is 4. The lowest BCUT2D eigenvalue weighted by molar-refractivity contribution is 0.945. The average Bonchev–Trinajstić information content (AvgIpc) is 3.28. The third-order valence-electron chi connectivity index (χ3n) is 4.36. The Morgan fingerprint density at radius 2 is 1.30 bits per heavy atom. The van der Waals surface area contributed by atoms with E-state index in [2.05, 4.69) is 97.1 Å². The van der Waals surface area contributed by atoms with Crippen LogP contribution in [0.1, 0.15) is 6.42 Å². The van der Waals surface area contributed by atoms with E-state index in [1.165, 1.54) is 15.9 Å². The quantitative estimate of drug-likeness (QED) is 0.691. The smallest absolute Gasteiger partial charge is 0.0176 e. The summed E-state index contributed by atoms with van der Waals surface area (Å²) >= 11 is 0. The lowest BCUT2D eigenvalue weighted by Gasteiger charge is -2.22. The molecule has 2 aliphatic carbocycles. The Labute approximate surface area is 139 Å². The van der Waals surface area contributed by atoms with Gasteiger partial charge in [0.1, 0.15) is 0 Å². The van der Waals surface area contributed by atoms with E-state index in [1.807, 2.05) is 0 Å². The van der Waals surface area contributed by atoms with Gasteiger partial charge in [-0.2, -0.15) is 0 Å². The summed E-state index contributed by atoms with van der Waals surface area (Å²) in [6.45, 7) is 0. The molecule has 0 amide bonds. The summed E-state index contributed by atoms with van der Waals surface area (Å²) in [5.74, 6) is 0.470. The van der Waals surface area contributed by atoms with Crippen LogP contribution in [0.3, 0.4) is 0 Å². The van der Waals surface area contributed by atoms with Gasteiger partial charge in [0.05, 0.1) is 0 Å². The molecule has 0 aromatic heterocycles. The van der Waals surface area contributed by atoms with Gasteiger partial charge in [0.15, 0.2) is 0 Å². The zero-order valence-corrected chi connectivity index (χ0v) is 13.9. The van der Waals surface area contributed by atoms with E-state index >= 15 is 0 Å². The second kappa shape index (κ2) is 6.52. The molecule has 2 aromatic carbocycles. The van der Waals surface area contributed by atoms with Crippen LogP contribution in [0, 0.1) is 5.92 Å². The first-order valence-corrected chi connectivity index (χ1v) is 9.42. The van der Waals surface area contributed by atoms with Crippen LogP contribution >= 0.6 is 7.92 Å². The summed E-state index contributed by atoms with van der Waals surface area (Å²) in [5.41, 5.74) is 1.56. The summed E-state index contributed by atoms with van der Waals surface area (Å²) in [7, 11) is -0.482. The third kappa shape index (κ3) is 2.87. The van der Waals surface area contributed by atoms with Crippen LogP contribution in [0.25, 0.3) is 0 Å². The molecule has 2 aliphatic rings. The lowest BCUT2D eigenvalue weighted by atomic mass is 10.0. The normalized spacial score (nSPS) is 16.9. The number of allylic oxidation sites excluding steroid dienone is 8. The molecule has 0 heterocycles. The molecule has 0 nitrogen and oxygen atoms in total. The van der Waals surface area contributed by atoms with Crippen molar-refractivity contribution >= 4 is 18.5 Å². The van der Waals surface area contributed by atoms with Crippen LogP contribution in [0.4, 0.5) is 0 Å². The van der Waals surface area contributed by atoms with E-state index in [0.29, 0.717) is 5.92 Å². The second-order valence-corrected chi connectivity index (χ2v) is 8.00. The van der Waals surface area contributed by atoms with Gasteiger partial charge < -0.3 is 0 Å². The molecule has 0 saturated carbocycles. The molecule has 0 atom stereocenters. The maximum absolute atomic E-state index is 2.36. The summed E-state index contributed by atoms with van der Waals surface area (Å²) in [4.78, 5) is 0. The maximum Gasteiger partial charge on any atom is 0.0176 e. The molecule has 0 fully saturated rings. The average molecular weight is 314 g/mol. The first kappa shape index (κ1) is 14.4. The fraction of sp³-hybridized carbons (Fsp3) is 0.0909. The van der Waals surface area contributed by atoms with Crippen molar-refractivity contribution < 1.29 is 0 Å². The highest BCUT2D eigenvalue weighted by atomic mass is 31.1. The molecule has 2 aromatic rings. The zero-order valence-electron chi connectivity index (χ0n) is 13.0. The monoisotopic (exact) mass is 314 g/mol. The fourth-order valence-electron chi connectivity index (χ4n) is 3.28. The molecule has 1 heteroatoms. The summed E-state index contributed by atoms with van der Waals surface area (Å²) in [6, 6.07) is 21.9. The van der Waals surface area contributed by atoms with Gasteiger partial charge in [-0.25, -0.2) is 0 Å². The molecule has 23 heavy (non-hydrogen) atoms. The molecular formula is C22H19P. The molecule has 0 aliphatic heterocycles. The maximum atomic E-state index is 2.36. The van der Waals surface area contributed by atoms with Crippen molar-refractivity contribution in [2.45, 2.75) is 6.42 Å². The Kier molecular flexibility index (Phi) is 4.09. The summed E-state index contributed by atoms with van der Waals surface area (Å²) in [6.07, 6.45) is 14.7. The predicted molar refractivity (Wildman–Crippen MR) is 102 cm³/mol. The number of hydrogen-bond acceptors (Lipinski definition) is 0. The van der Waals surface area contributed by atoms with Gasteiger partial charge in [0.25, 0.3) is 0 Å². The molecule has 0 spiro atoms. The minimum absolute atomic E-state index is 0.470. The Bertz CT molecular complexity index is 743. The van der Waals surface area contributed by atoms with Crippen molar-refractivity contribution in [2.75, 3.05) is 0 Å². The van der Waals surface area contributed by atoms with Gasteiger partial charge in [-0.05, 0) is 35.8 Å². The van der Waals surface area contributed by atoms with Crippen LogP contribution in [-0.2, 0) is 0 Å². The van der Waals surface area contributed by atoms with E-state index in [1.54, 1.807) is 5.57 Å². The molecule has 0 radical (unpaired) electrons. The van der Waals surface area contributed by atoms with Crippen molar-refractivity contribution in [3.8, 4) is 0 Å². The van der Waals surface area contributed by atoms with Crippen molar-refractivity contribution in [3.05, 3.63) is 108 Å². The highest BCUT2D eigenvalue weighted by Gasteiger charge is 2.25. The summed E-state index contributed by atoms with van der Waals surface area (Å²) < 4.78 is 0. The van der Waals surface area contributed by atoms with Crippen LogP contribution < -0.4 is 10.6 Å². The zero-order chi connectivity index (χ0) is 15.5. The van der Waals surface area contributed by atoms with Crippen molar-refractivity contribution in [3.63, 3.8) is 0 Å². The molecule has 0 bridgehead atoms. The Morgan fingerprint density at radius 1 is 0.739 bits per heavy atom. The summed E-state index contributed by atoms with van der Waals surface area (Å²) in [5, 5.41) is 4.39. The van der Waals surface area contributed by atoms with Gasteiger partial charge in [-0.3, -0.25) is 0 Å². The van der Waals surface area contributed by atoms with Crippen molar-refractivity contribution in [1.29, 1.82) is 0 Å². The molecular weight excluding hydrogens is 295 g/mol. The van der Waals surface area contributed by atoms with E-state index in [9.17, 15) is 0 Å². The second-order valence-electron chi connectivity index (χ2n) is 5.82. The topological polar surface area (TPSA) is 0 Å². The van der Waals surface area contributed by atoms with Gasteiger partial charge in [0, 0.05) is 5.92 Å². The van der Waals surface area contributed by atoms with E-state index in [0.717, 1.165) is 6.42 Å². The fourth-order valence-corrected chi connectivity index (χ4v) is 5.86. The lowest BCUT2D eigenvalue weighted by Crippen LogP contribution is -2.13. The highest BCUT2D eigenvalue weighted by Crippen LogP contribution is 2.50. The van der Waals surface area contributed by atoms with Gasteiger partial charge in [-0.1, -0.05) is 97.1 Å². The van der Waals surface area contributed by atoms with Gasteiger partial charge in [0.2, 0.25) is 0 Å². The standard InChI is InChI=1S/C22H19P/c1-3-12-19(13-4-1)23(20-14-5-2-6-15-20)22-17-9-16-21(22)18-10-7-8-11-18/h1-15,17-18H,16H2. The molecule has 0 N–H and O–H groups in total. The number of benzene rings is 2. The van der Waals surface area contributed by atoms with Crippen LogP contribution in [0.5, 0.6) is 0 Å². The van der Waals surface area contributed by atoms with Crippen LogP contribution in [-0.4, -0.2) is 0 Å². The minimum atomic E-state index is -0.482. The third-order valence-corrected chi connectivity index (χ3v) is 6.91. The van der Waals surface area contributed by atoms with Gasteiger partial charge in [-0.15, -0.1) is 0 Å². The largest absolute Gasteiger partial charge is 0.0797 e. The van der Waals surface area contributed by atoms with Gasteiger partial charge >= 0.3 is 0 Å². The Balaban J connectivity index is 1.85. The van der Waals surface area contributed by atoms with E-state index < -0.39 is 7.92 Å². The molecule has 112 valence electrons. The van der Waals surface area contributed by atoms with E-state index in [4.69, 9.17) is 0 Å². The minimum Gasteiger partial charge on any atom is -0.0797 e. The van der Waals surface area contributed by atoms with Crippen LogP contribution in [0.2, 0.25) is 0 Å². The molecule has 0 unspecified atom stereocenters. The van der Waals surface area contributed by atoms with E-state index in [-0.39, 0.29) is 0 Å². The predicted octanol–water partition coefficient (Wildman–Crippen LogP) is 5.08. The Hall–Kier alpha value is -2.17. The first-order chi connectivity index (χ1) is 11.4. The van der Waals surface area contributed by atoms with Crippen molar-refractivity contribution in [2.24, 2.45) is 5.92 Å². The van der Waals surface area contributed by atoms with Crippen molar-refractivity contribution in [1.82, 2.24) is 0 Å². The molecule has 0 saturated heterocycles. The van der Waals surface area contributed by atoms with Crippen LogP contribution in [0.15, 0.2) is 108 Å². The SMILES string of the molecule is C1=CC(C2=C(P(c3ccccc3)c3ccccc3)C=CC2)C=C1. The Morgan fingerprint density at radius 3 is 1.87 bits per heavy atom. The highest BCUT2D eigenvalue weighted by molar-refractivity contribution is 7.77.